The SMILES string of the molecule is C[Si](C)(C)CCOCn1cc(-c2nc(Cl)ncc2C(F)(F)F)c2ccc(Br)cc21.FC(F)(F)c1cnc(Cl)nc1-c1c[nH]c2cc(Br)ccc12. The first-order valence-electron chi connectivity index (χ1n) is 14.6. The molecule has 0 fully saturated rings. The van der Waals surface area contributed by atoms with E-state index in [0.29, 0.717) is 40.2 Å². The van der Waals surface area contributed by atoms with Gasteiger partial charge < -0.3 is 14.3 Å². The minimum atomic E-state index is -4.60. The number of alkyl halides is 6. The molecule has 0 aliphatic carbocycles. The van der Waals surface area contributed by atoms with E-state index in [4.69, 9.17) is 27.9 Å². The van der Waals surface area contributed by atoms with Crippen LogP contribution in [0.25, 0.3) is 44.3 Å². The van der Waals surface area contributed by atoms with E-state index < -0.39 is 31.6 Å². The van der Waals surface area contributed by atoms with E-state index in [1.807, 2.05) is 6.07 Å². The van der Waals surface area contributed by atoms with Crippen LogP contribution in [-0.2, 0) is 23.8 Å². The van der Waals surface area contributed by atoms with Gasteiger partial charge in [-0.3, -0.25) is 0 Å². The summed E-state index contributed by atoms with van der Waals surface area (Å²) in [5.41, 5.74) is -0.236. The third-order valence-corrected chi connectivity index (χ3v) is 10.4. The van der Waals surface area contributed by atoms with Crippen molar-refractivity contribution < 1.29 is 31.1 Å². The fourth-order valence-corrected chi connectivity index (χ4v) is 6.68. The first-order valence-corrected chi connectivity index (χ1v) is 20.7. The molecule has 0 saturated heterocycles. The van der Waals surface area contributed by atoms with Crippen molar-refractivity contribution >= 4 is 84.9 Å². The molecule has 6 aromatic rings. The van der Waals surface area contributed by atoms with Crippen molar-refractivity contribution in [2.24, 2.45) is 0 Å². The number of benzene rings is 2. The fourth-order valence-electron chi connectivity index (χ4n) is 4.94. The zero-order chi connectivity index (χ0) is 36.6. The molecule has 0 unspecified atom stereocenters. The molecule has 4 aromatic heterocycles. The van der Waals surface area contributed by atoms with Crippen molar-refractivity contribution in [2.45, 2.75) is 44.8 Å². The lowest BCUT2D eigenvalue weighted by molar-refractivity contribution is -0.138. The van der Waals surface area contributed by atoms with Crippen LogP contribution in [0.15, 0.2) is 70.1 Å². The van der Waals surface area contributed by atoms with Crippen LogP contribution >= 0.6 is 55.1 Å². The number of halogens is 10. The summed E-state index contributed by atoms with van der Waals surface area (Å²) in [4.78, 5) is 17.5. The first-order chi connectivity index (χ1) is 23.3. The lowest BCUT2D eigenvalue weighted by Gasteiger charge is -2.15. The van der Waals surface area contributed by atoms with Crippen molar-refractivity contribution in [3.63, 3.8) is 0 Å². The fraction of sp³-hybridized carbons (Fsp3) is 0.250. The molecule has 0 spiro atoms. The number of rotatable bonds is 7. The largest absolute Gasteiger partial charge is 0.419 e. The van der Waals surface area contributed by atoms with E-state index in [1.54, 1.807) is 41.1 Å². The topological polar surface area (TPSA) is 81.5 Å². The van der Waals surface area contributed by atoms with E-state index in [-0.39, 0.29) is 28.7 Å². The molecule has 2 aromatic carbocycles. The Bertz CT molecular complexity index is 2170. The Morgan fingerprint density at radius 2 is 1.34 bits per heavy atom. The molecule has 0 bridgehead atoms. The lowest BCUT2D eigenvalue weighted by atomic mass is 10.1. The summed E-state index contributed by atoms with van der Waals surface area (Å²) in [6.07, 6.45) is -4.64. The van der Waals surface area contributed by atoms with Crippen molar-refractivity contribution in [3.05, 3.63) is 91.8 Å². The second-order valence-corrected chi connectivity index (χ2v) is 20.3. The van der Waals surface area contributed by atoms with Gasteiger partial charge >= 0.3 is 12.4 Å². The molecule has 264 valence electrons. The van der Waals surface area contributed by atoms with Gasteiger partial charge in [0.15, 0.2) is 0 Å². The highest BCUT2D eigenvalue weighted by molar-refractivity contribution is 9.10. The Labute approximate surface area is 309 Å². The Hall–Kier alpha value is -3.02. The summed E-state index contributed by atoms with van der Waals surface area (Å²) in [5, 5.41) is 0.780. The maximum absolute atomic E-state index is 13.5. The Morgan fingerprint density at radius 1 is 0.800 bits per heavy atom. The normalized spacial score (nSPS) is 12.4. The van der Waals surface area contributed by atoms with Crippen molar-refractivity contribution in [1.29, 1.82) is 0 Å². The Morgan fingerprint density at radius 3 is 1.90 bits per heavy atom. The average Bonchev–Trinajstić information content (AvgIpc) is 3.58. The van der Waals surface area contributed by atoms with E-state index in [2.05, 4.69) is 76.4 Å². The van der Waals surface area contributed by atoms with Crippen LogP contribution in [0.5, 0.6) is 0 Å². The number of hydrogen-bond donors (Lipinski definition) is 1. The number of fused-ring (bicyclic) bond motifs is 2. The third-order valence-electron chi connectivity index (χ3n) is 7.35. The molecule has 4 heterocycles. The van der Waals surface area contributed by atoms with Gasteiger partial charge in [0.25, 0.3) is 0 Å². The van der Waals surface area contributed by atoms with Crippen LogP contribution in [0.1, 0.15) is 11.1 Å². The zero-order valence-corrected chi connectivity index (χ0v) is 32.0. The summed E-state index contributed by atoms with van der Waals surface area (Å²) < 4.78 is 89.1. The van der Waals surface area contributed by atoms with Gasteiger partial charge in [0.05, 0.1) is 16.9 Å². The van der Waals surface area contributed by atoms with Crippen LogP contribution in [0.3, 0.4) is 0 Å². The zero-order valence-electron chi connectivity index (χ0n) is 26.3. The summed E-state index contributed by atoms with van der Waals surface area (Å²) in [6.45, 7) is 7.61. The molecule has 0 saturated carbocycles. The molecule has 50 heavy (non-hydrogen) atoms. The van der Waals surface area contributed by atoms with Gasteiger partial charge in [-0.15, -0.1) is 0 Å². The van der Waals surface area contributed by atoms with Crippen LogP contribution in [0.2, 0.25) is 36.3 Å². The standard InChI is InChI=1S/C19H20BrClF3N3OSi.C13H6BrClF3N3/c1-29(2,3)7-6-28-11-27-10-14(13-5-4-12(20)8-16(13)27)17-15(19(22,23)24)9-25-18(21)26-17;14-6-1-2-7-8(4-19-10(7)3-6)11-9(13(16,17)18)5-20-12(15)21-11/h4-5,8-10H,6-7,11H2,1-3H3;1-5,19H. The predicted octanol–water partition coefficient (Wildman–Crippen LogP) is 11.9. The van der Waals surface area contributed by atoms with E-state index in [1.165, 1.54) is 6.20 Å². The third kappa shape index (κ3) is 9.06. The molecule has 0 atom stereocenters. The second kappa shape index (κ2) is 14.9. The van der Waals surface area contributed by atoms with Gasteiger partial charge in [0.1, 0.15) is 17.9 Å². The summed E-state index contributed by atoms with van der Waals surface area (Å²) in [6, 6.07) is 11.6. The molecule has 1 N–H and O–H groups in total. The predicted molar refractivity (Wildman–Crippen MR) is 192 cm³/mol. The quantitative estimate of drug-likeness (QED) is 0.0747. The van der Waals surface area contributed by atoms with Crippen molar-refractivity contribution in [3.8, 4) is 22.5 Å². The number of nitrogens with one attached hydrogen (secondary N) is 1. The number of aromatic amines is 1. The van der Waals surface area contributed by atoms with Gasteiger partial charge in [-0.2, -0.15) is 26.3 Å². The highest BCUT2D eigenvalue weighted by Gasteiger charge is 2.37. The molecule has 0 aliphatic heterocycles. The van der Waals surface area contributed by atoms with E-state index in [0.717, 1.165) is 26.7 Å². The maximum Gasteiger partial charge on any atom is 0.419 e. The number of aromatic nitrogens is 6. The minimum Gasteiger partial charge on any atom is -0.361 e. The molecular formula is C32H26Br2Cl2F6N6OSi. The summed E-state index contributed by atoms with van der Waals surface area (Å²) in [5.74, 6) is 0. The Balaban J connectivity index is 0.000000204. The molecule has 18 heteroatoms. The van der Waals surface area contributed by atoms with Gasteiger partial charge in [-0.25, -0.2) is 19.9 Å². The molecular weight excluding hydrogens is 857 g/mol. The van der Waals surface area contributed by atoms with Crippen LogP contribution in [0.4, 0.5) is 26.3 Å². The molecule has 0 amide bonds. The van der Waals surface area contributed by atoms with Crippen LogP contribution < -0.4 is 0 Å². The highest BCUT2D eigenvalue weighted by Crippen LogP contribution is 2.41. The number of nitrogens with zero attached hydrogens (tertiary/aromatic N) is 5. The molecule has 7 nitrogen and oxygen atoms in total. The van der Waals surface area contributed by atoms with Crippen LogP contribution in [0, 0.1) is 0 Å². The smallest absolute Gasteiger partial charge is 0.361 e. The molecule has 0 aliphatic rings. The maximum atomic E-state index is 13.5. The van der Waals surface area contributed by atoms with Crippen LogP contribution in [-0.4, -0.2) is 44.2 Å². The Kier molecular flexibility index (Phi) is 11.4. The second-order valence-electron chi connectivity index (χ2n) is 12.2. The van der Waals surface area contributed by atoms with E-state index in [9.17, 15) is 26.3 Å². The minimum absolute atomic E-state index is 0.232. The van der Waals surface area contributed by atoms with Gasteiger partial charge in [-0.05, 0) is 53.5 Å². The summed E-state index contributed by atoms with van der Waals surface area (Å²) >= 11 is 18.2. The molecule has 6 rings (SSSR count). The first kappa shape index (κ1) is 38.2. The number of H-pyrrole nitrogens is 1. The van der Waals surface area contributed by atoms with Gasteiger partial charge in [-0.1, -0.05) is 63.6 Å². The lowest BCUT2D eigenvalue weighted by Crippen LogP contribution is -2.21. The average molecular weight is 883 g/mol. The number of hydrogen-bond acceptors (Lipinski definition) is 5. The monoisotopic (exact) mass is 880 g/mol. The van der Waals surface area contributed by atoms with Gasteiger partial charge in [0.2, 0.25) is 10.6 Å². The number of ether oxygens (including phenoxy) is 1. The van der Waals surface area contributed by atoms with Crippen molar-refractivity contribution in [2.75, 3.05) is 6.61 Å². The van der Waals surface area contributed by atoms with Crippen molar-refractivity contribution in [1.82, 2.24) is 29.5 Å². The highest BCUT2D eigenvalue weighted by atomic mass is 79.9. The molecule has 0 radical (unpaired) electrons. The summed E-state index contributed by atoms with van der Waals surface area (Å²) in [7, 11) is -1.24. The van der Waals surface area contributed by atoms with E-state index >= 15 is 0 Å². The van der Waals surface area contributed by atoms with Gasteiger partial charge in [0, 0.05) is 75.8 Å².